The predicted molar refractivity (Wildman–Crippen MR) is 115 cm³/mol. The summed E-state index contributed by atoms with van der Waals surface area (Å²) in [5, 5.41) is 7.04. The number of nitrogens with one attached hydrogen (secondary N) is 1. The number of nitrogens with two attached hydrogens (primary N) is 1. The molecule has 2 heterocycles. The van der Waals surface area contributed by atoms with Gasteiger partial charge in [0.1, 0.15) is 11.7 Å². The minimum atomic E-state index is -0.682. The standard InChI is InChI=1S/C23H23N5O3/c24-22(30)19-13-15-28(26-19)18-11-9-17(10-12-18)25-23(31)21(16-6-2-1-3-7-16)27-14-5-4-8-20(27)29/h1-3,6-7,9-13,15,21H,4-5,8,14H2,(H2,24,30)(H,25,31). The lowest BCUT2D eigenvalue weighted by Gasteiger charge is -2.34. The number of rotatable bonds is 6. The van der Waals surface area contributed by atoms with Gasteiger partial charge in [0.25, 0.3) is 11.8 Å². The molecule has 3 amide bonds. The Labute approximate surface area is 179 Å². The van der Waals surface area contributed by atoms with E-state index < -0.39 is 11.9 Å². The molecule has 1 fully saturated rings. The lowest BCUT2D eigenvalue weighted by Crippen LogP contribution is -2.43. The normalized spacial score (nSPS) is 14.8. The van der Waals surface area contributed by atoms with Gasteiger partial charge in [0.05, 0.1) is 5.69 Å². The lowest BCUT2D eigenvalue weighted by molar-refractivity contribution is -0.141. The number of amides is 3. The Bertz CT molecular complexity index is 1090. The summed E-state index contributed by atoms with van der Waals surface area (Å²) in [6, 6.07) is 17.2. The van der Waals surface area contributed by atoms with Crippen LogP contribution < -0.4 is 11.1 Å². The Morgan fingerprint density at radius 2 is 1.74 bits per heavy atom. The third-order valence-corrected chi connectivity index (χ3v) is 5.28. The first kappa shape index (κ1) is 20.3. The van der Waals surface area contributed by atoms with Crippen molar-refractivity contribution in [1.29, 1.82) is 0 Å². The molecule has 3 N–H and O–H groups in total. The van der Waals surface area contributed by atoms with Crippen molar-refractivity contribution in [1.82, 2.24) is 14.7 Å². The molecule has 0 saturated carbocycles. The summed E-state index contributed by atoms with van der Waals surface area (Å²) in [5.74, 6) is -0.860. The number of piperidine rings is 1. The number of benzene rings is 2. The SMILES string of the molecule is NC(=O)c1ccn(-c2ccc(NC(=O)C(c3ccccc3)N3CCCCC3=O)cc2)n1. The van der Waals surface area contributed by atoms with Crippen molar-refractivity contribution in [2.24, 2.45) is 5.73 Å². The van der Waals surface area contributed by atoms with Crippen molar-refractivity contribution in [3.8, 4) is 5.69 Å². The molecule has 1 saturated heterocycles. The van der Waals surface area contributed by atoms with Crippen molar-refractivity contribution in [3.63, 3.8) is 0 Å². The highest BCUT2D eigenvalue weighted by Crippen LogP contribution is 2.27. The fraction of sp³-hybridized carbons (Fsp3) is 0.217. The average molecular weight is 417 g/mol. The van der Waals surface area contributed by atoms with Crippen molar-refractivity contribution < 1.29 is 14.4 Å². The van der Waals surface area contributed by atoms with E-state index in [0.29, 0.717) is 18.7 Å². The van der Waals surface area contributed by atoms with E-state index in [-0.39, 0.29) is 17.5 Å². The average Bonchev–Trinajstić information content (AvgIpc) is 3.27. The number of nitrogens with zero attached hydrogens (tertiary/aromatic N) is 3. The minimum absolute atomic E-state index is 0.00506. The van der Waals surface area contributed by atoms with Crippen molar-refractivity contribution in [2.45, 2.75) is 25.3 Å². The Hall–Kier alpha value is -3.94. The molecular formula is C23H23N5O3. The van der Waals surface area contributed by atoms with Gasteiger partial charge in [-0.2, -0.15) is 5.10 Å². The van der Waals surface area contributed by atoms with Gasteiger partial charge >= 0.3 is 0 Å². The van der Waals surface area contributed by atoms with Gasteiger partial charge in [0.2, 0.25) is 5.91 Å². The van der Waals surface area contributed by atoms with Crippen LogP contribution in [0.25, 0.3) is 5.69 Å². The van der Waals surface area contributed by atoms with Crippen LogP contribution in [0.4, 0.5) is 5.69 Å². The van der Waals surface area contributed by atoms with Gasteiger partial charge in [0, 0.05) is 24.8 Å². The van der Waals surface area contributed by atoms with E-state index in [0.717, 1.165) is 24.1 Å². The third kappa shape index (κ3) is 4.48. The number of carbonyl (C=O) groups is 3. The largest absolute Gasteiger partial charge is 0.364 e. The van der Waals surface area contributed by atoms with Gasteiger partial charge < -0.3 is 16.0 Å². The number of hydrogen-bond donors (Lipinski definition) is 2. The first-order valence-corrected chi connectivity index (χ1v) is 10.1. The van der Waals surface area contributed by atoms with Gasteiger partial charge in [-0.15, -0.1) is 0 Å². The molecule has 4 rings (SSSR count). The topological polar surface area (TPSA) is 110 Å². The van der Waals surface area contributed by atoms with Crippen LogP contribution >= 0.6 is 0 Å². The number of carbonyl (C=O) groups excluding carboxylic acids is 3. The van der Waals surface area contributed by atoms with Crippen molar-refractivity contribution >= 4 is 23.4 Å². The lowest BCUT2D eigenvalue weighted by atomic mass is 10.0. The molecule has 1 atom stereocenters. The van der Waals surface area contributed by atoms with Gasteiger partial charge in [-0.3, -0.25) is 14.4 Å². The zero-order chi connectivity index (χ0) is 21.8. The van der Waals surface area contributed by atoms with E-state index >= 15 is 0 Å². The number of likely N-dealkylation sites (tertiary alicyclic amines) is 1. The number of primary amides is 1. The first-order chi connectivity index (χ1) is 15.0. The molecule has 1 unspecified atom stereocenters. The van der Waals surface area contributed by atoms with E-state index in [1.165, 1.54) is 10.7 Å². The molecule has 8 heteroatoms. The molecule has 158 valence electrons. The summed E-state index contributed by atoms with van der Waals surface area (Å²) >= 11 is 0. The summed E-state index contributed by atoms with van der Waals surface area (Å²) in [4.78, 5) is 38.6. The maximum Gasteiger partial charge on any atom is 0.269 e. The highest BCUT2D eigenvalue weighted by atomic mass is 16.2. The van der Waals surface area contributed by atoms with Gasteiger partial charge in [-0.1, -0.05) is 30.3 Å². The fourth-order valence-corrected chi connectivity index (χ4v) is 3.72. The van der Waals surface area contributed by atoms with E-state index in [4.69, 9.17) is 5.73 Å². The summed E-state index contributed by atoms with van der Waals surface area (Å²) in [6.45, 7) is 0.562. The van der Waals surface area contributed by atoms with Crippen LogP contribution in [0.15, 0.2) is 66.9 Å². The van der Waals surface area contributed by atoms with E-state index in [1.54, 1.807) is 35.4 Å². The summed E-state index contributed by atoms with van der Waals surface area (Å²) in [6.07, 6.45) is 3.84. The van der Waals surface area contributed by atoms with Crippen molar-refractivity contribution in [2.75, 3.05) is 11.9 Å². The van der Waals surface area contributed by atoms with Crippen LogP contribution in [0.3, 0.4) is 0 Å². The molecule has 0 radical (unpaired) electrons. The Kier molecular flexibility index (Phi) is 5.79. The Morgan fingerprint density at radius 3 is 2.39 bits per heavy atom. The molecule has 2 aromatic carbocycles. The first-order valence-electron chi connectivity index (χ1n) is 10.1. The zero-order valence-corrected chi connectivity index (χ0v) is 16.9. The van der Waals surface area contributed by atoms with Crippen LogP contribution in [0, 0.1) is 0 Å². The third-order valence-electron chi connectivity index (χ3n) is 5.28. The molecule has 8 nitrogen and oxygen atoms in total. The van der Waals surface area contributed by atoms with E-state index in [2.05, 4.69) is 10.4 Å². The molecule has 3 aromatic rings. The van der Waals surface area contributed by atoms with E-state index in [1.807, 2.05) is 30.3 Å². The maximum absolute atomic E-state index is 13.2. The summed E-state index contributed by atoms with van der Waals surface area (Å²) < 4.78 is 1.53. The van der Waals surface area contributed by atoms with Crippen LogP contribution in [-0.4, -0.2) is 38.9 Å². The molecule has 0 aliphatic carbocycles. The monoisotopic (exact) mass is 417 g/mol. The minimum Gasteiger partial charge on any atom is -0.364 e. The van der Waals surface area contributed by atoms with E-state index in [9.17, 15) is 14.4 Å². The molecule has 1 aliphatic heterocycles. The van der Waals surface area contributed by atoms with Crippen molar-refractivity contribution in [3.05, 3.63) is 78.1 Å². The smallest absolute Gasteiger partial charge is 0.269 e. The Balaban J connectivity index is 1.54. The van der Waals surface area contributed by atoms with Gasteiger partial charge in [0.15, 0.2) is 0 Å². The van der Waals surface area contributed by atoms with Crippen LogP contribution in [-0.2, 0) is 9.59 Å². The summed E-state index contributed by atoms with van der Waals surface area (Å²) in [5.41, 5.74) is 7.51. The van der Waals surface area contributed by atoms with Crippen LogP contribution in [0.5, 0.6) is 0 Å². The number of aromatic nitrogens is 2. The second-order valence-electron chi connectivity index (χ2n) is 7.40. The Morgan fingerprint density at radius 1 is 1.00 bits per heavy atom. The number of anilines is 1. The second kappa shape index (κ2) is 8.83. The quantitative estimate of drug-likeness (QED) is 0.642. The number of hydrogen-bond acceptors (Lipinski definition) is 4. The predicted octanol–water partition coefficient (Wildman–Crippen LogP) is 2.66. The maximum atomic E-state index is 13.2. The fourth-order valence-electron chi connectivity index (χ4n) is 3.72. The zero-order valence-electron chi connectivity index (χ0n) is 16.9. The van der Waals surface area contributed by atoms with Gasteiger partial charge in [-0.25, -0.2) is 4.68 Å². The van der Waals surface area contributed by atoms with Crippen LogP contribution in [0.1, 0.15) is 41.4 Å². The molecular weight excluding hydrogens is 394 g/mol. The van der Waals surface area contributed by atoms with Crippen LogP contribution in [0.2, 0.25) is 0 Å². The molecule has 1 aliphatic rings. The molecule has 0 bridgehead atoms. The molecule has 0 spiro atoms. The molecule has 31 heavy (non-hydrogen) atoms. The summed E-state index contributed by atoms with van der Waals surface area (Å²) in [7, 11) is 0. The molecule has 1 aromatic heterocycles. The van der Waals surface area contributed by atoms with Gasteiger partial charge in [-0.05, 0) is 48.7 Å². The highest BCUT2D eigenvalue weighted by molar-refractivity contribution is 5.98. The highest BCUT2D eigenvalue weighted by Gasteiger charge is 2.32. The second-order valence-corrected chi connectivity index (χ2v) is 7.40.